The number of methoxy groups -OCH3 is 1. The van der Waals surface area contributed by atoms with Gasteiger partial charge in [-0.1, -0.05) is 30.3 Å². The van der Waals surface area contributed by atoms with Gasteiger partial charge in [-0.2, -0.15) is 0 Å². The van der Waals surface area contributed by atoms with Crippen LogP contribution in [0.4, 0.5) is 10.1 Å². The van der Waals surface area contributed by atoms with Crippen LogP contribution in [0.5, 0.6) is 5.75 Å². The Hall–Kier alpha value is -3.26. The number of nitrogens with zero attached hydrogens (tertiary/aromatic N) is 1. The normalized spacial score (nSPS) is 16.2. The second-order valence-electron chi connectivity index (χ2n) is 8.91. The highest BCUT2D eigenvalue weighted by atomic mass is 19.1. The van der Waals surface area contributed by atoms with Crippen LogP contribution in [0.25, 0.3) is 22.3 Å². The number of rotatable bonds is 6. The molecule has 7 heteroatoms. The Bertz CT molecular complexity index is 1240. The maximum atomic E-state index is 14.7. The van der Waals surface area contributed by atoms with Crippen molar-refractivity contribution >= 4 is 11.6 Å². The third-order valence-corrected chi connectivity index (χ3v) is 6.67. The van der Waals surface area contributed by atoms with E-state index in [0.717, 1.165) is 45.6 Å². The predicted molar refractivity (Wildman–Crippen MR) is 137 cm³/mol. The molecule has 1 heterocycles. The molecular formula is C28H32FN3O3. The van der Waals surface area contributed by atoms with Crippen molar-refractivity contribution in [1.82, 2.24) is 4.90 Å². The van der Waals surface area contributed by atoms with Crippen molar-refractivity contribution in [2.45, 2.75) is 26.5 Å². The van der Waals surface area contributed by atoms with Gasteiger partial charge in [0, 0.05) is 30.9 Å². The molecular weight excluding hydrogens is 445 g/mol. The molecule has 6 nitrogen and oxygen atoms in total. The third-order valence-electron chi connectivity index (χ3n) is 6.67. The Labute approximate surface area is 205 Å². The molecule has 0 bridgehead atoms. The molecule has 1 atom stereocenters. The Balaban J connectivity index is 1.69. The summed E-state index contributed by atoms with van der Waals surface area (Å²) in [6.07, 6.45) is -0.497. The minimum Gasteiger partial charge on any atom is -0.496 e. The number of carbonyl (C=O) groups is 1. The van der Waals surface area contributed by atoms with Crippen LogP contribution in [0.15, 0.2) is 48.5 Å². The van der Waals surface area contributed by atoms with Gasteiger partial charge in [-0.05, 0) is 72.5 Å². The van der Waals surface area contributed by atoms with Gasteiger partial charge in [0.2, 0.25) is 0 Å². The van der Waals surface area contributed by atoms with Gasteiger partial charge in [-0.25, -0.2) is 4.39 Å². The number of carbonyl (C=O) groups excluding carboxylic acids is 1. The number of anilines is 1. The lowest BCUT2D eigenvalue weighted by Crippen LogP contribution is -2.46. The number of morpholine rings is 1. The van der Waals surface area contributed by atoms with Crippen LogP contribution < -0.4 is 15.8 Å². The van der Waals surface area contributed by atoms with E-state index in [1.165, 1.54) is 13.2 Å². The van der Waals surface area contributed by atoms with Crippen molar-refractivity contribution in [1.29, 1.82) is 0 Å². The van der Waals surface area contributed by atoms with Crippen molar-refractivity contribution in [3.63, 3.8) is 0 Å². The summed E-state index contributed by atoms with van der Waals surface area (Å²) < 4.78 is 25.8. The second kappa shape index (κ2) is 10.6. The molecule has 35 heavy (non-hydrogen) atoms. The van der Waals surface area contributed by atoms with Crippen LogP contribution in [-0.2, 0) is 16.1 Å². The van der Waals surface area contributed by atoms with E-state index < -0.39 is 6.10 Å². The van der Waals surface area contributed by atoms with Crippen molar-refractivity contribution in [3.8, 4) is 28.0 Å². The molecule has 1 saturated heterocycles. The first kappa shape index (κ1) is 24.9. The Morgan fingerprint density at radius 3 is 2.51 bits per heavy atom. The number of halogens is 1. The quantitative estimate of drug-likeness (QED) is 0.546. The van der Waals surface area contributed by atoms with Crippen molar-refractivity contribution in [2.75, 3.05) is 39.2 Å². The predicted octanol–water partition coefficient (Wildman–Crippen LogP) is 4.51. The Kier molecular flexibility index (Phi) is 7.50. The summed E-state index contributed by atoms with van der Waals surface area (Å²) in [6.45, 7) is 5.99. The molecule has 1 aliphatic rings. The van der Waals surface area contributed by atoms with Crippen molar-refractivity contribution in [3.05, 3.63) is 71.0 Å². The first-order chi connectivity index (χ1) is 16.8. The second-order valence-corrected chi connectivity index (χ2v) is 8.91. The lowest BCUT2D eigenvalue weighted by Gasteiger charge is -2.29. The maximum Gasteiger partial charge on any atom is 0.254 e. The zero-order chi connectivity index (χ0) is 25.1. The van der Waals surface area contributed by atoms with E-state index in [1.54, 1.807) is 0 Å². The standard InChI is InChI=1S/C28H32FN3O3/c1-17-20(19-13-24(29)23(15-30)26(14-19)34-4)7-5-8-21(17)22-9-6-10-25(18(22)2)31-28(33)27-16-32(3)11-12-35-27/h5-10,13-14,27H,11-12,15-16,30H2,1-4H3,(H,31,33). The van der Waals surface area contributed by atoms with E-state index in [4.69, 9.17) is 15.2 Å². The molecule has 0 aromatic heterocycles. The van der Waals surface area contributed by atoms with Crippen LogP contribution in [0.3, 0.4) is 0 Å². The minimum atomic E-state index is -0.497. The van der Waals surface area contributed by atoms with Gasteiger partial charge in [0.15, 0.2) is 0 Å². The average Bonchev–Trinajstić information content (AvgIpc) is 2.85. The zero-order valence-corrected chi connectivity index (χ0v) is 20.7. The molecule has 1 aliphatic heterocycles. The first-order valence-corrected chi connectivity index (χ1v) is 11.7. The Morgan fingerprint density at radius 2 is 1.83 bits per heavy atom. The number of likely N-dealkylation sites (N-methyl/N-ethyl adjacent to an activating group) is 1. The van der Waals surface area contributed by atoms with Gasteiger partial charge in [0.05, 0.1) is 13.7 Å². The highest BCUT2D eigenvalue weighted by molar-refractivity contribution is 5.96. The van der Waals surface area contributed by atoms with Crippen LogP contribution >= 0.6 is 0 Å². The molecule has 3 N–H and O–H groups in total. The van der Waals surface area contributed by atoms with E-state index in [2.05, 4.69) is 10.2 Å². The van der Waals surface area contributed by atoms with Crippen molar-refractivity contribution < 1.29 is 18.7 Å². The highest BCUT2D eigenvalue weighted by Gasteiger charge is 2.25. The number of hydrogen-bond donors (Lipinski definition) is 2. The van der Waals surface area contributed by atoms with E-state index in [-0.39, 0.29) is 18.3 Å². The fraction of sp³-hybridized carbons (Fsp3) is 0.321. The van der Waals surface area contributed by atoms with Crippen LogP contribution in [0.1, 0.15) is 16.7 Å². The van der Waals surface area contributed by atoms with Crippen LogP contribution in [0, 0.1) is 19.7 Å². The van der Waals surface area contributed by atoms with E-state index >= 15 is 0 Å². The maximum absolute atomic E-state index is 14.7. The zero-order valence-electron chi connectivity index (χ0n) is 20.7. The van der Waals surface area contributed by atoms with Crippen molar-refractivity contribution in [2.24, 2.45) is 5.73 Å². The van der Waals surface area contributed by atoms with E-state index in [9.17, 15) is 9.18 Å². The fourth-order valence-corrected chi connectivity index (χ4v) is 4.60. The average molecular weight is 478 g/mol. The minimum absolute atomic E-state index is 0.0637. The Morgan fingerprint density at radius 1 is 1.14 bits per heavy atom. The monoisotopic (exact) mass is 477 g/mol. The third kappa shape index (κ3) is 5.07. The molecule has 0 radical (unpaired) electrons. The summed E-state index contributed by atoms with van der Waals surface area (Å²) in [7, 11) is 3.50. The molecule has 0 saturated carbocycles. The number of benzene rings is 3. The van der Waals surface area contributed by atoms with Gasteiger partial charge in [0.25, 0.3) is 5.91 Å². The highest BCUT2D eigenvalue weighted by Crippen LogP contribution is 2.37. The lowest BCUT2D eigenvalue weighted by atomic mass is 9.90. The van der Waals surface area contributed by atoms with Gasteiger partial charge >= 0.3 is 0 Å². The molecule has 0 aliphatic carbocycles. The lowest BCUT2D eigenvalue weighted by molar-refractivity contribution is -0.132. The van der Waals surface area contributed by atoms with E-state index in [1.807, 2.05) is 63.4 Å². The number of amides is 1. The largest absolute Gasteiger partial charge is 0.496 e. The van der Waals surface area contributed by atoms with E-state index in [0.29, 0.717) is 24.5 Å². The molecule has 184 valence electrons. The van der Waals surface area contributed by atoms with Gasteiger partial charge in [-0.15, -0.1) is 0 Å². The number of hydrogen-bond acceptors (Lipinski definition) is 5. The fourth-order valence-electron chi connectivity index (χ4n) is 4.60. The number of nitrogens with two attached hydrogens (primary N) is 1. The van der Waals surface area contributed by atoms with Gasteiger partial charge in [0.1, 0.15) is 17.7 Å². The first-order valence-electron chi connectivity index (χ1n) is 11.7. The van der Waals surface area contributed by atoms with Gasteiger partial charge < -0.3 is 25.4 Å². The van der Waals surface area contributed by atoms with Crippen LogP contribution in [-0.4, -0.2) is 50.8 Å². The van der Waals surface area contributed by atoms with Gasteiger partial charge in [-0.3, -0.25) is 4.79 Å². The summed E-state index contributed by atoms with van der Waals surface area (Å²) in [4.78, 5) is 14.9. The smallest absolute Gasteiger partial charge is 0.254 e. The summed E-state index contributed by atoms with van der Waals surface area (Å²) in [5, 5.41) is 3.04. The molecule has 4 rings (SSSR count). The molecule has 3 aromatic carbocycles. The molecule has 1 amide bonds. The molecule has 1 unspecified atom stereocenters. The van der Waals surface area contributed by atoms with Crippen LogP contribution in [0.2, 0.25) is 0 Å². The summed E-state index contributed by atoms with van der Waals surface area (Å²) in [5.74, 6) is -0.100. The SMILES string of the molecule is COc1cc(-c2cccc(-c3cccc(NC(=O)C4CN(C)CCO4)c3C)c2C)cc(F)c1CN. The number of ether oxygens (including phenoxy) is 2. The molecule has 3 aromatic rings. The molecule has 1 fully saturated rings. The summed E-state index contributed by atoms with van der Waals surface area (Å²) >= 11 is 0. The number of nitrogens with one attached hydrogen (secondary N) is 1. The topological polar surface area (TPSA) is 76.8 Å². The molecule has 0 spiro atoms. The summed E-state index contributed by atoms with van der Waals surface area (Å²) in [6, 6.07) is 15.1. The summed E-state index contributed by atoms with van der Waals surface area (Å²) in [5.41, 5.74) is 12.4.